The fraction of sp³-hybridized carbons (Fsp3) is 0.125. The Morgan fingerprint density at radius 3 is 3.19 bits per heavy atom. The number of rotatable bonds is 3. The predicted octanol–water partition coefficient (Wildman–Crippen LogP) is 1.89. The number of fused-ring (bicyclic) bond motifs is 1. The number of imidazole rings is 1. The van der Waals surface area contributed by atoms with E-state index in [4.69, 9.17) is 0 Å². The monoisotopic (exact) mass is 270 g/mol. The molecule has 5 nitrogen and oxygen atoms in total. The highest BCUT2D eigenvalue weighted by Gasteiger charge is 2.14. The molecule has 3 heterocycles. The van der Waals surface area contributed by atoms with Crippen LogP contribution in [-0.4, -0.2) is 23.8 Å². The highest BCUT2D eigenvalue weighted by atomic mass is 32.2. The van der Waals surface area contributed by atoms with Crippen LogP contribution in [0.2, 0.25) is 0 Å². The van der Waals surface area contributed by atoms with Crippen LogP contribution in [0.1, 0.15) is 5.69 Å². The molecule has 0 saturated heterocycles. The highest BCUT2D eigenvalue weighted by Crippen LogP contribution is 2.31. The number of aliphatic hydroxyl groups is 1. The number of hydrogen-bond donors (Lipinski definition) is 1. The van der Waals surface area contributed by atoms with Gasteiger partial charge in [0.25, 0.3) is 0 Å². The zero-order chi connectivity index (χ0) is 11.0. The van der Waals surface area contributed by atoms with Crippen molar-refractivity contribution in [1.29, 1.82) is 0 Å². The predicted molar refractivity (Wildman–Crippen MR) is 63.0 cm³/mol. The molecule has 3 aromatic rings. The van der Waals surface area contributed by atoms with Crippen LogP contribution in [0.15, 0.2) is 27.3 Å². The van der Waals surface area contributed by atoms with Crippen LogP contribution in [0.5, 0.6) is 0 Å². The standard InChI is InChI=1S/C8H6N4OS3/c13-3-5-6(15-8-9-4-10-16-8)11-7-12(5)1-2-14-7/h1-2,4,13H,3H2. The van der Waals surface area contributed by atoms with Gasteiger partial charge in [0.05, 0.1) is 12.3 Å². The van der Waals surface area contributed by atoms with E-state index in [9.17, 15) is 5.11 Å². The van der Waals surface area contributed by atoms with Crippen LogP contribution in [-0.2, 0) is 6.61 Å². The second kappa shape index (κ2) is 4.13. The first-order valence-corrected chi connectivity index (χ1v) is 6.85. The van der Waals surface area contributed by atoms with E-state index >= 15 is 0 Å². The second-order valence-electron chi connectivity index (χ2n) is 2.89. The molecule has 3 rings (SSSR count). The van der Waals surface area contributed by atoms with E-state index < -0.39 is 0 Å². The first-order valence-electron chi connectivity index (χ1n) is 4.38. The van der Waals surface area contributed by atoms with Gasteiger partial charge in [0, 0.05) is 11.6 Å². The molecule has 0 aliphatic rings. The Hall–Kier alpha value is -0.960. The average Bonchev–Trinajstić information content (AvgIpc) is 2.93. The minimum absolute atomic E-state index is 0.0287. The second-order valence-corrected chi connectivity index (χ2v) is 5.78. The Balaban J connectivity index is 2.05. The molecule has 0 aliphatic heterocycles. The summed E-state index contributed by atoms with van der Waals surface area (Å²) in [6, 6.07) is 0. The van der Waals surface area contributed by atoms with E-state index in [0.717, 1.165) is 20.0 Å². The van der Waals surface area contributed by atoms with E-state index in [1.165, 1.54) is 29.6 Å². The Labute approximate surface area is 103 Å². The van der Waals surface area contributed by atoms with Gasteiger partial charge in [-0.2, -0.15) is 4.37 Å². The number of thiazole rings is 1. The summed E-state index contributed by atoms with van der Waals surface area (Å²) in [6.45, 7) is -0.0287. The van der Waals surface area contributed by atoms with E-state index in [0.29, 0.717) is 0 Å². The van der Waals surface area contributed by atoms with Gasteiger partial charge in [-0.15, -0.1) is 11.3 Å². The molecule has 0 spiro atoms. The minimum atomic E-state index is -0.0287. The van der Waals surface area contributed by atoms with E-state index in [1.54, 1.807) is 11.3 Å². The summed E-state index contributed by atoms with van der Waals surface area (Å²) < 4.78 is 6.66. The first-order chi connectivity index (χ1) is 7.88. The maximum atomic E-state index is 9.35. The lowest BCUT2D eigenvalue weighted by atomic mass is 10.5. The van der Waals surface area contributed by atoms with Crippen molar-refractivity contribution in [3.05, 3.63) is 23.6 Å². The van der Waals surface area contributed by atoms with Crippen molar-refractivity contribution < 1.29 is 5.11 Å². The summed E-state index contributed by atoms with van der Waals surface area (Å²) in [4.78, 5) is 9.41. The van der Waals surface area contributed by atoms with Crippen LogP contribution in [0.3, 0.4) is 0 Å². The molecule has 0 bridgehead atoms. The van der Waals surface area contributed by atoms with Crippen LogP contribution in [0, 0.1) is 0 Å². The summed E-state index contributed by atoms with van der Waals surface area (Å²) in [5.41, 5.74) is 0.802. The van der Waals surface area contributed by atoms with Crippen molar-refractivity contribution in [2.75, 3.05) is 0 Å². The number of aliphatic hydroxyl groups excluding tert-OH is 1. The molecule has 0 aromatic carbocycles. The topological polar surface area (TPSA) is 63.3 Å². The molecule has 0 unspecified atom stereocenters. The smallest absolute Gasteiger partial charge is 0.195 e. The summed E-state index contributed by atoms with van der Waals surface area (Å²) in [6.07, 6.45) is 3.42. The molecule has 8 heteroatoms. The number of hydrogen-bond acceptors (Lipinski definition) is 7. The quantitative estimate of drug-likeness (QED) is 0.787. The summed E-state index contributed by atoms with van der Waals surface area (Å²) in [5.74, 6) is 0. The lowest BCUT2D eigenvalue weighted by Crippen LogP contribution is -1.90. The molecule has 0 fully saturated rings. The van der Waals surface area contributed by atoms with Crippen molar-refractivity contribution in [2.24, 2.45) is 0 Å². The van der Waals surface area contributed by atoms with Gasteiger partial charge in [-0.3, -0.25) is 4.40 Å². The SMILES string of the molecule is OCc1c(Sc2ncns2)nc2sccn12. The van der Waals surface area contributed by atoms with Gasteiger partial charge in [0.15, 0.2) is 9.30 Å². The Morgan fingerprint density at radius 1 is 1.50 bits per heavy atom. The normalized spacial score (nSPS) is 11.3. The summed E-state index contributed by atoms with van der Waals surface area (Å²) in [5, 5.41) is 12.1. The molecule has 82 valence electrons. The van der Waals surface area contributed by atoms with Crippen molar-refractivity contribution in [3.8, 4) is 0 Å². The zero-order valence-electron chi connectivity index (χ0n) is 7.90. The molecule has 0 radical (unpaired) electrons. The fourth-order valence-electron chi connectivity index (χ4n) is 1.33. The first kappa shape index (κ1) is 10.2. The molecule has 1 N–H and O–H groups in total. The number of aromatic nitrogens is 4. The van der Waals surface area contributed by atoms with Gasteiger partial charge in [-0.05, 0) is 23.3 Å². The van der Waals surface area contributed by atoms with Crippen LogP contribution >= 0.6 is 34.6 Å². The van der Waals surface area contributed by atoms with Gasteiger partial charge in [0.1, 0.15) is 11.4 Å². The van der Waals surface area contributed by atoms with E-state index in [1.807, 2.05) is 16.0 Å². The molecular formula is C8H6N4OS3. The average molecular weight is 270 g/mol. The Bertz CT molecular complexity index is 600. The third kappa shape index (κ3) is 1.63. The number of nitrogens with zero attached hydrogens (tertiary/aromatic N) is 4. The van der Waals surface area contributed by atoms with Gasteiger partial charge in [0.2, 0.25) is 0 Å². The van der Waals surface area contributed by atoms with Crippen LogP contribution in [0.4, 0.5) is 0 Å². The van der Waals surface area contributed by atoms with E-state index in [2.05, 4.69) is 14.3 Å². The van der Waals surface area contributed by atoms with Gasteiger partial charge >= 0.3 is 0 Å². The molecule has 0 amide bonds. The maximum Gasteiger partial charge on any atom is 0.195 e. The third-order valence-corrected chi connectivity index (χ3v) is 4.49. The van der Waals surface area contributed by atoms with Crippen molar-refractivity contribution in [3.63, 3.8) is 0 Å². The van der Waals surface area contributed by atoms with Crippen LogP contribution < -0.4 is 0 Å². The summed E-state index contributed by atoms with van der Waals surface area (Å²) >= 11 is 4.30. The largest absolute Gasteiger partial charge is 0.390 e. The molecule has 0 atom stereocenters. The van der Waals surface area contributed by atoms with Gasteiger partial charge < -0.3 is 5.11 Å². The maximum absolute atomic E-state index is 9.35. The van der Waals surface area contributed by atoms with Crippen molar-refractivity contribution in [2.45, 2.75) is 16.0 Å². The Kier molecular flexibility index (Phi) is 2.64. The van der Waals surface area contributed by atoms with E-state index in [-0.39, 0.29) is 6.61 Å². The molecule has 0 aliphatic carbocycles. The molecule has 16 heavy (non-hydrogen) atoms. The lowest BCUT2D eigenvalue weighted by molar-refractivity contribution is 0.272. The van der Waals surface area contributed by atoms with Crippen LogP contribution in [0.25, 0.3) is 4.96 Å². The van der Waals surface area contributed by atoms with Crippen molar-refractivity contribution >= 4 is 39.6 Å². The zero-order valence-corrected chi connectivity index (χ0v) is 10.3. The molecule has 3 aromatic heterocycles. The summed E-state index contributed by atoms with van der Waals surface area (Å²) in [7, 11) is 0. The fourth-order valence-corrected chi connectivity index (χ4v) is 3.59. The highest BCUT2D eigenvalue weighted by molar-refractivity contribution is 8.00. The molecule has 0 saturated carbocycles. The van der Waals surface area contributed by atoms with Crippen molar-refractivity contribution in [1.82, 2.24) is 18.7 Å². The van der Waals surface area contributed by atoms with Gasteiger partial charge in [-0.25, -0.2) is 9.97 Å². The molecular weight excluding hydrogens is 264 g/mol. The Morgan fingerprint density at radius 2 is 2.44 bits per heavy atom. The third-order valence-electron chi connectivity index (χ3n) is 2.00. The lowest BCUT2D eigenvalue weighted by Gasteiger charge is -1.96. The minimum Gasteiger partial charge on any atom is -0.390 e. The van der Waals surface area contributed by atoms with Gasteiger partial charge in [-0.1, -0.05) is 0 Å².